The van der Waals surface area contributed by atoms with Crippen molar-refractivity contribution in [2.24, 2.45) is 5.92 Å². The van der Waals surface area contributed by atoms with Crippen LogP contribution in [0.5, 0.6) is 0 Å². The predicted octanol–water partition coefficient (Wildman–Crippen LogP) is 2.45. The molecule has 132 valence electrons. The third-order valence-electron chi connectivity index (χ3n) is 4.64. The molecule has 0 unspecified atom stereocenters. The molecule has 1 N–H and O–H groups in total. The van der Waals surface area contributed by atoms with Gasteiger partial charge in [-0.3, -0.25) is 4.40 Å². The fraction of sp³-hybridized carbons (Fsp3) is 0.312. The van der Waals surface area contributed by atoms with Crippen LogP contribution in [0.1, 0.15) is 11.5 Å². The van der Waals surface area contributed by atoms with E-state index in [1.165, 1.54) is 8.71 Å². The molecule has 9 heteroatoms. The zero-order chi connectivity index (χ0) is 17.6. The second kappa shape index (κ2) is 6.37. The minimum atomic E-state index is -3.83. The molecule has 6 nitrogen and oxygen atoms in total. The summed E-state index contributed by atoms with van der Waals surface area (Å²) in [5, 5.41) is 13.6. The zero-order valence-corrected chi connectivity index (χ0v) is 15.5. The number of nitrogens with zero attached hydrogens (tertiary/aromatic N) is 3. The van der Waals surface area contributed by atoms with Crippen molar-refractivity contribution in [3.63, 3.8) is 0 Å². The van der Waals surface area contributed by atoms with Crippen molar-refractivity contribution >= 4 is 38.6 Å². The molecule has 0 spiro atoms. The fourth-order valence-corrected chi connectivity index (χ4v) is 6.22. The van der Waals surface area contributed by atoms with Gasteiger partial charge in [-0.1, -0.05) is 17.7 Å². The average molecular weight is 398 g/mol. The van der Waals surface area contributed by atoms with E-state index in [0.29, 0.717) is 12.2 Å². The monoisotopic (exact) mass is 397 g/mol. The van der Waals surface area contributed by atoms with Crippen LogP contribution in [0.3, 0.4) is 0 Å². The van der Waals surface area contributed by atoms with Crippen molar-refractivity contribution in [1.82, 2.24) is 13.7 Å². The van der Waals surface area contributed by atoms with Crippen LogP contribution in [0.4, 0.5) is 0 Å². The van der Waals surface area contributed by atoms with Crippen molar-refractivity contribution in [2.75, 3.05) is 19.7 Å². The molecule has 3 aromatic rings. The quantitative estimate of drug-likeness (QED) is 0.733. The average Bonchev–Trinajstić information content (AvgIpc) is 3.31. The number of fused-ring (bicyclic) bond motifs is 1. The predicted molar refractivity (Wildman–Crippen MR) is 96.6 cm³/mol. The Hall–Kier alpha value is -1.45. The Balaban J connectivity index is 1.74. The minimum absolute atomic E-state index is 0.0209. The normalized spacial score (nSPS) is 22.0. The third kappa shape index (κ3) is 2.78. The maximum atomic E-state index is 13.2. The number of aromatic nitrogens is 2. The molecule has 0 saturated carbocycles. The van der Waals surface area contributed by atoms with Gasteiger partial charge in [-0.05, 0) is 34.5 Å². The van der Waals surface area contributed by atoms with Crippen LogP contribution in [0.2, 0.25) is 5.15 Å². The summed E-state index contributed by atoms with van der Waals surface area (Å²) in [5.74, 6) is -0.161. The van der Waals surface area contributed by atoms with Crippen LogP contribution in [0, 0.1) is 5.92 Å². The van der Waals surface area contributed by atoms with Gasteiger partial charge in [0.15, 0.2) is 10.2 Å². The first kappa shape index (κ1) is 17.0. The number of rotatable bonds is 4. The Kier molecular flexibility index (Phi) is 4.33. The van der Waals surface area contributed by atoms with Gasteiger partial charge in [0.2, 0.25) is 0 Å². The number of sulfonamides is 1. The Labute approximate surface area is 154 Å². The zero-order valence-electron chi connectivity index (χ0n) is 13.1. The van der Waals surface area contributed by atoms with Gasteiger partial charge >= 0.3 is 0 Å². The molecule has 3 aromatic heterocycles. The van der Waals surface area contributed by atoms with Gasteiger partial charge in [-0.25, -0.2) is 13.4 Å². The molecule has 1 saturated heterocycles. The van der Waals surface area contributed by atoms with Crippen molar-refractivity contribution in [3.8, 4) is 0 Å². The van der Waals surface area contributed by atoms with Crippen LogP contribution in [0.15, 0.2) is 46.2 Å². The molecule has 4 rings (SSSR count). The first-order chi connectivity index (χ1) is 12.0. The van der Waals surface area contributed by atoms with Gasteiger partial charge in [0.1, 0.15) is 5.65 Å². The smallest absolute Gasteiger partial charge is 0.262 e. The molecule has 4 heterocycles. The van der Waals surface area contributed by atoms with Crippen LogP contribution in [-0.4, -0.2) is 46.9 Å². The van der Waals surface area contributed by atoms with Crippen LogP contribution >= 0.6 is 22.9 Å². The Morgan fingerprint density at radius 3 is 2.88 bits per heavy atom. The number of aliphatic hydroxyl groups is 1. The molecular weight excluding hydrogens is 382 g/mol. The first-order valence-corrected chi connectivity index (χ1v) is 10.5. The van der Waals surface area contributed by atoms with Gasteiger partial charge in [0.25, 0.3) is 10.0 Å². The number of halogens is 1. The van der Waals surface area contributed by atoms with Gasteiger partial charge < -0.3 is 5.11 Å². The van der Waals surface area contributed by atoms with Crippen molar-refractivity contribution in [2.45, 2.75) is 10.9 Å². The summed E-state index contributed by atoms with van der Waals surface area (Å²) in [7, 11) is -3.83. The molecule has 1 aliphatic heterocycles. The molecule has 1 fully saturated rings. The van der Waals surface area contributed by atoms with E-state index in [1.54, 1.807) is 35.7 Å². The van der Waals surface area contributed by atoms with Gasteiger partial charge in [-0.2, -0.15) is 15.6 Å². The molecule has 0 radical (unpaired) electrons. The van der Waals surface area contributed by atoms with E-state index in [1.807, 2.05) is 16.8 Å². The highest BCUT2D eigenvalue weighted by Gasteiger charge is 2.41. The van der Waals surface area contributed by atoms with E-state index in [-0.39, 0.29) is 35.2 Å². The molecule has 2 atom stereocenters. The van der Waals surface area contributed by atoms with Crippen LogP contribution in [0.25, 0.3) is 5.65 Å². The highest BCUT2D eigenvalue weighted by Crippen LogP contribution is 2.37. The van der Waals surface area contributed by atoms with E-state index in [9.17, 15) is 13.5 Å². The SMILES string of the molecule is O=S(=O)(c1c(Cl)nc2ccccn12)N1C[C@@H](CO)[C@H](c2ccsc2)C1. The molecule has 0 amide bonds. The van der Waals surface area contributed by atoms with Crippen molar-refractivity contribution < 1.29 is 13.5 Å². The number of imidazole rings is 1. The maximum Gasteiger partial charge on any atom is 0.262 e. The number of aliphatic hydroxyl groups excluding tert-OH is 1. The van der Waals surface area contributed by atoms with Crippen LogP contribution < -0.4 is 0 Å². The van der Waals surface area contributed by atoms with Gasteiger partial charge in [0.05, 0.1) is 0 Å². The second-order valence-electron chi connectivity index (χ2n) is 6.06. The van der Waals surface area contributed by atoms with Crippen LogP contribution in [-0.2, 0) is 10.0 Å². The lowest BCUT2D eigenvalue weighted by Gasteiger charge is -2.16. The lowest BCUT2D eigenvalue weighted by atomic mass is 9.92. The number of thiophene rings is 1. The van der Waals surface area contributed by atoms with E-state index >= 15 is 0 Å². The molecule has 0 aromatic carbocycles. The highest BCUT2D eigenvalue weighted by atomic mass is 35.5. The Bertz CT molecular complexity index is 1000. The number of hydrogen-bond donors (Lipinski definition) is 1. The Morgan fingerprint density at radius 1 is 1.32 bits per heavy atom. The lowest BCUT2D eigenvalue weighted by Crippen LogP contribution is -2.30. The third-order valence-corrected chi connectivity index (χ3v) is 7.58. The summed E-state index contributed by atoms with van der Waals surface area (Å²) in [6.07, 6.45) is 1.64. The maximum absolute atomic E-state index is 13.2. The topological polar surface area (TPSA) is 74.9 Å². The number of hydrogen-bond acceptors (Lipinski definition) is 5. The lowest BCUT2D eigenvalue weighted by molar-refractivity contribution is 0.223. The largest absolute Gasteiger partial charge is 0.396 e. The number of pyridine rings is 1. The highest BCUT2D eigenvalue weighted by molar-refractivity contribution is 7.89. The summed E-state index contributed by atoms with van der Waals surface area (Å²) in [4.78, 5) is 4.13. The van der Waals surface area contributed by atoms with Crippen molar-refractivity contribution in [1.29, 1.82) is 0 Å². The molecule has 0 bridgehead atoms. The summed E-state index contributed by atoms with van der Waals surface area (Å²) >= 11 is 7.72. The van der Waals surface area contributed by atoms with E-state index in [4.69, 9.17) is 11.6 Å². The molecular formula is C16H16ClN3O3S2. The Morgan fingerprint density at radius 2 is 2.16 bits per heavy atom. The molecule has 1 aliphatic rings. The summed E-state index contributed by atoms with van der Waals surface area (Å²) in [5.41, 5.74) is 1.55. The van der Waals surface area contributed by atoms with E-state index < -0.39 is 10.0 Å². The van der Waals surface area contributed by atoms with Crippen molar-refractivity contribution in [3.05, 3.63) is 51.9 Å². The fourth-order valence-electron chi connectivity index (χ4n) is 3.37. The van der Waals surface area contributed by atoms with E-state index in [0.717, 1.165) is 5.56 Å². The van der Waals surface area contributed by atoms with E-state index in [2.05, 4.69) is 4.98 Å². The second-order valence-corrected chi connectivity index (χ2v) is 9.06. The van der Waals surface area contributed by atoms with Gasteiger partial charge in [-0.15, -0.1) is 0 Å². The summed E-state index contributed by atoms with van der Waals surface area (Å²) < 4.78 is 29.3. The molecule has 0 aliphatic carbocycles. The van der Waals surface area contributed by atoms with Gasteiger partial charge in [0, 0.05) is 37.7 Å². The summed E-state index contributed by atoms with van der Waals surface area (Å²) in [6.45, 7) is 0.518. The first-order valence-electron chi connectivity index (χ1n) is 7.78. The minimum Gasteiger partial charge on any atom is -0.396 e. The molecule has 25 heavy (non-hydrogen) atoms. The summed E-state index contributed by atoms with van der Waals surface area (Å²) in [6, 6.07) is 7.20. The standard InChI is InChI=1S/C16H16ClN3O3S2/c17-15-16(20-5-2-1-3-14(20)18-15)25(22,23)19-7-12(9-21)13(8-19)11-4-6-24-10-11/h1-6,10,12-13,21H,7-9H2/t12-,13-/m0/s1.